The fourth-order valence-electron chi connectivity index (χ4n) is 1.12. The van der Waals surface area contributed by atoms with Gasteiger partial charge in [0.2, 0.25) is 6.41 Å². The minimum atomic E-state index is -4.38. The van der Waals surface area contributed by atoms with Crippen molar-refractivity contribution in [3.05, 3.63) is 29.6 Å². The van der Waals surface area contributed by atoms with E-state index in [0.717, 1.165) is 12.3 Å². The molecule has 1 unspecified atom stereocenters. The lowest BCUT2D eigenvalue weighted by molar-refractivity contribution is -0.137. The van der Waals surface area contributed by atoms with Crippen molar-refractivity contribution in [3.8, 4) is 0 Å². The molecule has 1 aromatic heterocycles. The Morgan fingerprint density at radius 1 is 1.44 bits per heavy atom. The first kappa shape index (κ1) is 12.5. The van der Waals surface area contributed by atoms with E-state index in [4.69, 9.17) is 0 Å². The number of halogens is 3. The van der Waals surface area contributed by atoms with Crippen LogP contribution in [0, 0.1) is 0 Å². The Labute approximate surface area is 90.9 Å². The van der Waals surface area contributed by atoms with Crippen LogP contribution >= 0.6 is 0 Å². The number of amides is 1. The smallest absolute Gasteiger partial charge is 0.340 e. The second-order valence-corrected chi connectivity index (χ2v) is 3.42. The van der Waals surface area contributed by atoms with Gasteiger partial charge >= 0.3 is 6.18 Å². The molecule has 1 atom stereocenters. The summed E-state index contributed by atoms with van der Waals surface area (Å²) in [4.78, 5) is 15.5. The second-order valence-electron chi connectivity index (χ2n) is 3.42. The van der Waals surface area contributed by atoms with Gasteiger partial charge in [-0.1, -0.05) is 0 Å². The van der Waals surface area contributed by atoms with E-state index in [1.165, 1.54) is 18.0 Å². The normalized spacial score (nSPS) is 13.3. The molecule has 0 radical (unpaired) electrons. The molecule has 0 aliphatic heterocycles. The number of nitrogens with zero attached hydrogens (tertiary/aromatic N) is 2. The summed E-state index contributed by atoms with van der Waals surface area (Å²) in [7, 11) is 1.54. The Hall–Kier alpha value is -1.59. The molecule has 0 aliphatic carbocycles. The Morgan fingerprint density at radius 2 is 2.06 bits per heavy atom. The van der Waals surface area contributed by atoms with Gasteiger partial charge < -0.3 is 4.90 Å². The van der Waals surface area contributed by atoms with Gasteiger partial charge in [-0.2, -0.15) is 13.2 Å². The number of carbonyl (C=O) groups excluding carboxylic acids is 1. The van der Waals surface area contributed by atoms with Gasteiger partial charge in [-0.05, 0) is 19.1 Å². The van der Waals surface area contributed by atoms with Gasteiger partial charge in [0.1, 0.15) is 0 Å². The molecule has 1 heterocycles. The molecule has 0 bridgehead atoms. The monoisotopic (exact) mass is 232 g/mol. The number of carbonyl (C=O) groups is 1. The van der Waals surface area contributed by atoms with Crippen molar-refractivity contribution in [2.45, 2.75) is 19.1 Å². The lowest BCUT2D eigenvalue weighted by Gasteiger charge is -2.19. The average molecular weight is 232 g/mol. The van der Waals surface area contributed by atoms with Crippen molar-refractivity contribution in [1.29, 1.82) is 0 Å². The Balaban J connectivity index is 2.91. The number of aromatic nitrogens is 1. The third-order valence-corrected chi connectivity index (χ3v) is 2.32. The van der Waals surface area contributed by atoms with E-state index >= 15 is 0 Å². The molecular formula is C10H11F3N2O. The summed E-state index contributed by atoms with van der Waals surface area (Å²) >= 11 is 0. The highest BCUT2D eigenvalue weighted by molar-refractivity contribution is 5.47. The molecule has 1 rings (SSSR count). The van der Waals surface area contributed by atoms with Gasteiger partial charge in [-0.3, -0.25) is 9.78 Å². The summed E-state index contributed by atoms with van der Waals surface area (Å²) < 4.78 is 36.7. The Morgan fingerprint density at radius 3 is 2.44 bits per heavy atom. The molecule has 16 heavy (non-hydrogen) atoms. The summed E-state index contributed by atoms with van der Waals surface area (Å²) in [6.45, 7) is 1.68. The van der Waals surface area contributed by atoms with Crippen LogP contribution in [0.1, 0.15) is 24.2 Å². The maximum atomic E-state index is 12.2. The molecule has 0 N–H and O–H groups in total. The molecular weight excluding hydrogens is 221 g/mol. The molecule has 0 aromatic carbocycles. The predicted octanol–water partition coefficient (Wildman–Crippen LogP) is 2.25. The van der Waals surface area contributed by atoms with E-state index in [0.29, 0.717) is 12.1 Å². The topological polar surface area (TPSA) is 33.2 Å². The highest BCUT2D eigenvalue weighted by atomic mass is 19.4. The van der Waals surface area contributed by atoms with Crippen molar-refractivity contribution < 1.29 is 18.0 Å². The lowest BCUT2D eigenvalue weighted by Crippen LogP contribution is -2.21. The van der Waals surface area contributed by atoms with Crippen LogP contribution in [0.2, 0.25) is 0 Å². The fraction of sp³-hybridized carbons (Fsp3) is 0.400. The zero-order valence-electron chi connectivity index (χ0n) is 8.82. The molecule has 1 amide bonds. The minimum absolute atomic E-state index is 0.347. The van der Waals surface area contributed by atoms with Gasteiger partial charge in [0.05, 0.1) is 17.3 Å². The predicted molar refractivity (Wildman–Crippen MR) is 51.5 cm³/mol. The number of pyridine rings is 1. The van der Waals surface area contributed by atoms with Crippen molar-refractivity contribution in [3.63, 3.8) is 0 Å². The number of hydrogen-bond acceptors (Lipinski definition) is 2. The van der Waals surface area contributed by atoms with E-state index in [-0.39, 0.29) is 6.04 Å². The average Bonchev–Trinajstić information content (AvgIpc) is 2.26. The highest BCUT2D eigenvalue weighted by Gasteiger charge is 2.30. The van der Waals surface area contributed by atoms with E-state index < -0.39 is 11.7 Å². The van der Waals surface area contributed by atoms with Crippen molar-refractivity contribution in [2.75, 3.05) is 7.05 Å². The van der Waals surface area contributed by atoms with Crippen molar-refractivity contribution in [2.24, 2.45) is 0 Å². The van der Waals surface area contributed by atoms with Gasteiger partial charge in [0.25, 0.3) is 0 Å². The van der Waals surface area contributed by atoms with E-state index in [1.54, 1.807) is 6.92 Å². The van der Waals surface area contributed by atoms with Crippen LogP contribution in [-0.2, 0) is 11.0 Å². The first-order chi connectivity index (χ1) is 7.36. The first-order valence-corrected chi connectivity index (χ1v) is 4.56. The molecule has 3 nitrogen and oxygen atoms in total. The van der Waals surface area contributed by atoms with Gasteiger partial charge in [-0.15, -0.1) is 0 Å². The quantitative estimate of drug-likeness (QED) is 0.749. The van der Waals surface area contributed by atoms with Crippen LogP contribution < -0.4 is 0 Å². The maximum Gasteiger partial charge on any atom is 0.417 e. The standard InChI is InChI=1S/C10H11F3N2O/c1-7(15(2)6-16)9-4-3-8(5-14-9)10(11,12)13/h3-7H,1-2H3. The minimum Gasteiger partial charge on any atom is -0.340 e. The maximum absolute atomic E-state index is 12.2. The molecule has 0 saturated carbocycles. The number of alkyl halides is 3. The molecule has 0 spiro atoms. The first-order valence-electron chi connectivity index (χ1n) is 4.56. The lowest BCUT2D eigenvalue weighted by atomic mass is 10.1. The van der Waals surface area contributed by atoms with Crippen LogP contribution in [0.15, 0.2) is 18.3 Å². The van der Waals surface area contributed by atoms with Gasteiger partial charge in [0, 0.05) is 13.2 Å². The van der Waals surface area contributed by atoms with E-state index in [2.05, 4.69) is 4.98 Å². The summed E-state index contributed by atoms with van der Waals surface area (Å²) in [5.74, 6) is 0. The Kier molecular flexibility index (Phi) is 3.51. The molecule has 88 valence electrons. The zero-order chi connectivity index (χ0) is 12.3. The van der Waals surface area contributed by atoms with Crippen LogP contribution in [0.25, 0.3) is 0 Å². The summed E-state index contributed by atoms with van der Waals surface area (Å²) in [6, 6.07) is 1.88. The zero-order valence-corrected chi connectivity index (χ0v) is 8.82. The Bertz CT molecular complexity index is 361. The highest BCUT2D eigenvalue weighted by Crippen LogP contribution is 2.29. The fourth-order valence-corrected chi connectivity index (χ4v) is 1.12. The van der Waals surface area contributed by atoms with Crippen molar-refractivity contribution >= 4 is 6.41 Å². The third-order valence-electron chi connectivity index (χ3n) is 2.32. The number of rotatable bonds is 3. The molecule has 1 aromatic rings. The SMILES string of the molecule is CC(c1ccc(C(F)(F)F)cn1)N(C)C=O. The second kappa shape index (κ2) is 4.51. The molecule has 6 heteroatoms. The van der Waals surface area contributed by atoms with E-state index in [1.807, 2.05) is 0 Å². The third kappa shape index (κ3) is 2.71. The van der Waals surface area contributed by atoms with Gasteiger partial charge in [0.15, 0.2) is 0 Å². The molecule has 0 aliphatic rings. The molecule has 0 fully saturated rings. The van der Waals surface area contributed by atoms with Crippen LogP contribution in [0.4, 0.5) is 13.2 Å². The van der Waals surface area contributed by atoms with Gasteiger partial charge in [-0.25, -0.2) is 0 Å². The van der Waals surface area contributed by atoms with Crippen LogP contribution in [0.5, 0.6) is 0 Å². The van der Waals surface area contributed by atoms with Crippen LogP contribution in [0.3, 0.4) is 0 Å². The summed E-state index contributed by atoms with van der Waals surface area (Å²) in [6.07, 6.45) is -3.01. The summed E-state index contributed by atoms with van der Waals surface area (Å²) in [5.41, 5.74) is -0.375. The van der Waals surface area contributed by atoms with Crippen LogP contribution in [-0.4, -0.2) is 23.3 Å². The summed E-state index contributed by atoms with van der Waals surface area (Å²) in [5, 5.41) is 0. The van der Waals surface area contributed by atoms with Crippen molar-refractivity contribution in [1.82, 2.24) is 9.88 Å². The number of hydrogen-bond donors (Lipinski definition) is 0. The largest absolute Gasteiger partial charge is 0.417 e. The molecule has 0 saturated heterocycles. The van der Waals surface area contributed by atoms with E-state index in [9.17, 15) is 18.0 Å².